The maximum absolute atomic E-state index is 12.7. The average Bonchev–Trinajstić information content (AvgIpc) is 3.31. The van der Waals surface area contributed by atoms with E-state index in [0.29, 0.717) is 30.7 Å². The van der Waals surface area contributed by atoms with Crippen molar-refractivity contribution in [2.45, 2.75) is 151 Å². The topological polar surface area (TPSA) is 60.0 Å². The number of allylic oxidation sites excluding steroid dienone is 1. The van der Waals surface area contributed by atoms with Gasteiger partial charge in [0.25, 0.3) is 8.53 Å². The van der Waals surface area contributed by atoms with Gasteiger partial charge in [0.2, 0.25) is 0 Å². The van der Waals surface area contributed by atoms with Crippen molar-refractivity contribution >= 4 is 14.6 Å². The summed E-state index contributed by atoms with van der Waals surface area (Å²) in [5.74, 6) is 5.07. The molecule has 0 radical (unpaired) electrons. The van der Waals surface area contributed by atoms with Gasteiger partial charge in [-0.05, 0) is 119 Å². The van der Waals surface area contributed by atoms with Gasteiger partial charge in [0.15, 0.2) is 0 Å². The second-order valence-corrected chi connectivity index (χ2v) is 17.9. The number of alkyl carbamates (subject to hydrolysis) is 1. The molecular formula is C37H67N2O4P. The summed E-state index contributed by atoms with van der Waals surface area (Å²) in [6.07, 6.45) is 16.3. The van der Waals surface area contributed by atoms with Crippen molar-refractivity contribution in [3.05, 3.63) is 11.6 Å². The maximum Gasteiger partial charge on any atom is 0.407 e. The second-order valence-electron chi connectivity index (χ2n) is 16.3. The van der Waals surface area contributed by atoms with Crippen LogP contribution in [0.15, 0.2) is 11.6 Å². The monoisotopic (exact) mass is 634 g/mol. The molecule has 1 unspecified atom stereocenters. The van der Waals surface area contributed by atoms with Crippen molar-refractivity contribution < 1.29 is 18.6 Å². The Labute approximate surface area is 272 Å². The van der Waals surface area contributed by atoms with Gasteiger partial charge in [0, 0.05) is 32.2 Å². The highest BCUT2D eigenvalue weighted by atomic mass is 31.2. The molecule has 6 nitrogen and oxygen atoms in total. The van der Waals surface area contributed by atoms with E-state index in [1.807, 2.05) is 0 Å². The lowest BCUT2D eigenvalue weighted by Gasteiger charge is -2.58. The first-order chi connectivity index (χ1) is 20.8. The third-order valence-corrected chi connectivity index (χ3v) is 14.5. The van der Waals surface area contributed by atoms with Crippen LogP contribution in [-0.4, -0.2) is 49.2 Å². The van der Waals surface area contributed by atoms with Gasteiger partial charge in [-0.1, -0.05) is 65.5 Å². The van der Waals surface area contributed by atoms with Crippen LogP contribution in [0.3, 0.4) is 0 Å². The zero-order valence-electron chi connectivity index (χ0n) is 30.0. The van der Waals surface area contributed by atoms with Crippen LogP contribution < -0.4 is 5.32 Å². The van der Waals surface area contributed by atoms with Gasteiger partial charge < -0.3 is 19.1 Å². The van der Waals surface area contributed by atoms with Gasteiger partial charge in [-0.3, -0.25) is 0 Å². The Morgan fingerprint density at radius 1 is 1.00 bits per heavy atom. The number of ether oxygens (including phenoxy) is 1. The standard InChI is InChI=1S/C37H67N2O4P/c1-25(2)12-11-13-28(7)32-16-17-33-31-15-14-29-24-30(18-20-36(29,8)34(31)19-21-37(32,33)9)43-35(40)38-22-23-42-44(41-10)39(26(3)4)27(5)6/h14,25-28,30-34H,11-13,15-24H2,1-10H3,(H,38,40)/t28-,30+,31+,32-,33+,34+,36+,37-,44?/m1/s1. The highest BCUT2D eigenvalue weighted by Gasteiger charge is 2.59. The smallest absolute Gasteiger partial charge is 0.407 e. The molecule has 0 heterocycles. The molecule has 254 valence electrons. The van der Waals surface area contributed by atoms with Crippen LogP contribution in [0, 0.1) is 46.3 Å². The molecule has 1 N–H and O–H groups in total. The van der Waals surface area contributed by atoms with E-state index >= 15 is 0 Å². The first-order valence-corrected chi connectivity index (χ1v) is 19.3. The van der Waals surface area contributed by atoms with Crippen molar-refractivity contribution in [2.24, 2.45) is 46.3 Å². The minimum atomic E-state index is -1.15. The summed E-state index contributed by atoms with van der Waals surface area (Å²) in [5, 5.41) is 2.92. The van der Waals surface area contributed by atoms with Crippen LogP contribution in [0.2, 0.25) is 0 Å². The molecular weight excluding hydrogens is 567 g/mol. The van der Waals surface area contributed by atoms with Crippen LogP contribution >= 0.6 is 8.53 Å². The van der Waals surface area contributed by atoms with Crippen LogP contribution in [0.1, 0.15) is 133 Å². The molecule has 0 aliphatic heterocycles. The van der Waals surface area contributed by atoms with Crippen molar-refractivity contribution in [1.29, 1.82) is 0 Å². The third-order valence-electron chi connectivity index (χ3n) is 12.5. The first kappa shape index (κ1) is 36.2. The first-order valence-electron chi connectivity index (χ1n) is 18.2. The van der Waals surface area contributed by atoms with Gasteiger partial charge in [0.1, 0.15) is 6.10 Å². The van der Waals surface area contributed by atoms with Crippen molar-refractivity contribution in [1.82, 2.24) is 9.99 Å². The Balaban J connectivity index is 1.27. The summed E-state index contributed by atoms with van der Waals surface area (Å²) < 4.78 is 19.9. The maximum atomic E-state index is 12.7. The lowest BCUT2D eigenvalue weighted by molar-refractivity contribution is -0.0581. The number of fused-ring (bicyclic) bond motifs is 5. The zero-order valence-corrected chi connectivity index (χ0v) is 30.9. The van der Waals surface area contributed by atoms with Crippen LogP contribution in [0.25, 0.3) is 0 Å². The summed E-state index contributed by atoms with van der Waals surface area (Å²) in [4.78, 5) is 12.7. The summed E-state index contributed by atoms with van der Waals surface area (Å²) in [7, 11) is 0.538. The molecule has 0 bridgehead atoms. The average molecular weight is 635 g/mol. The van der Waals surface area contributed by atoms with E-state index in [0.717, 1.165) is 54.8 Å². The summed E-state index contributed by atoms with van der Waals surface area (Å²) in [5.41, 5.74) is 2.36. The van der Waals surface area contributed by atoms with Gasteiger partial charge in [-0.2, -0.15) is 0 Å². The predicted molar refractivity (Wildman–Crippen MR) is 183 cm³/mol. The molecule has 7 heteroatoms. The molecule has 0 aromatic heterocycles. The number of nitrogens with one attached hydrogen (secondary N) is 1. The Bertz CT molecular complexity index is 963. The van der Waals surface area contributed by atoms with Crippen molar-refractivity contribution in [2.75, 3.05) is 20.3 Å². The van der Waals surface area contributed by atoms with E-state index in [-0.39, 0.29) is 17.6 Å². The van der Waals surface area contributed by atoms with Gasteiger partial charge in [0.05, 0.1) is 6.61 Å². The Morgan fingerprint density at radius 2 is 1.73 bits per heavy atom. The number of nitrogens with zero attached hydrogens (tertiary/aromatic N) is 1. The predicted octanol–water partition coefficient (Wildman–Crippen LogP) is 10.1. The number of carbonyl (C=O) groups excluding carboxylic acids is 1. The van der Waals surface area contributed by atoms with Gasteiger partial charge in [-0.25, -0.2) is 9.46 Å². The van der Waals surface area contributed by atoms with E-state index in [9.17, 15) is 4.79 Å². The molecule has 0 aromatic rings. The van der Waals surface area contributed by atoms with Crippen molar-refractivity contribution in [3.63, 3.8) is 0 Å². The fourth-order valence-electron chi connectivity index (χ4n) is 10.4. The van der Waals surface area contributed by atoms with Crippen molar-refractivity contribution in [3.8, 4) is 0 Å². The summed E-state index contributed by atoms with van der Waals surface area (Å²) in [6.45, 7) is 22.0. The highest BCUT2D eigenvalue weighted by molar-refractivity contribution is 7.44. The minimum absolute atomic E-state index is 0.0309. The van der Waals surface area contributed by atoms with Crippen LogP contribution in [0.4, 0.5) is 4.79 Å². The number of hydrogen-bond acceptors (Lipinski definition) is 5. The molecule has 4 aliphatic carbocycles. The summed E-state index contributed by atoms with van der Waals surface area (Å²) in [6, 6.07) is 0.642. The van der Waals surface area contributed by atoms with E-state index in [1.54, 1.807) is 12.7 Å². The molecule has 3 saturated carbocycles. The number of carbonyl (C=O) groups is 1. The minimum Gasteiger partial charge on any atom is -0.446 e. The van der Waals surface area contributed by atoms with Crippen LogP contribution in [0.5, 0.6) is 0 Å². The summed E-state index contributed by atoms with van der Waals surface area (Å²) >= 11 is 0. The van der Waals surface area contributed by atoms with E-state index in [1.165, 1.54) is 51.4 Å². The fraction of sp³-hybridized carbons (Fsp3) is 0.919. The number of amides is 1. The quantitative estimate of drug-likeness (QED) is 0.117. The van der Waals surface area contributed by atoms with E-state index in [2.05, 4.69) is 78.4 Å². The fourth-order valence-corrected chi connectivity index (χ4v) is 11.8. The third kappa shape index (κ3) is 7.88. The molecule has 1 amide bonds. The molecule has 0 aromatic carbocycles. The van der Waals surface area contributed by atoms with Gasteiger partial charge >= 0.3 is 6.09 Å². The molecule has 4 rings (SSSR count). The highest BCUT2D eigenvalue weighted by Crippen LogP contribution is 2.67. The molecule has 9 atom stereocenters. The molecule has 3 fully saturated rings. The molecule has 4 aliphatic rings. The second kappa shape index (κ2) is 15.5. The van der Waals surface area contributed by atoms with E-state index in [4.69, 9.17) is 13.8 Å². The molecule has 44 heavy (non-hydrogen) atoms. The number of rotatable bonds is 14. The largest absolute Gasteiger partial charge is 0.446 e. The van der Waals surface area contributed by atoms with E-state index < -0.39 is 8.53 Å². The Morgan fingerprint density at radius 3 is 2.39 bits per heavy atom. The zero-order chi connectivity index (χ0) is 32.2. The Hall–Kier alpha value is -0.680. The van der Waals surface area contributed by atoms with Gasteiger partial charge in [-0.15, -0.1) is 0 Å². The lowest BCUT2D eigenvalue weighted by atomic mass is 9.47. The lowest BCUT2D eigenvalue weighted by Crippen LogP contribution is -2.51. The molecule has 0 spiro atoms. The Kier molecular flexibility index (Phi) is 12.7. The van der Waals surface area contributed by atoms with Crippen LogP contribution in [-0.2, 0) is 13.8 Å². The SMILES string of the molecule is COP(OCCNC(=O)O[C@H]1CC[C@@]2(C)C(=CC[C@H]3[C@@H]4CC[C@H]([C@H](C)CCCC(C)C)[C@@]4(C)CC[C@@H]32)C1)N(C(C)C)C(C)C. The normalized spacial score (nSPS) is 34.9. The molecule has 0 saturated heterocycles. The number of hydrogen-bond donors (Lipinski definition) is 1.